The van der Waals surface area contributed by atoms with Crippen LogP contribution in [0.1, 0.15) is 68.2 Å². The Kier molecular flexibility index (Phi) is 15.8. The van der Waals surface area contributed by atoms with E-state index in [9.17, 15) is 5.11 Å². The zero-order chi connectivity index (χ0) is 23.2. The number of ether oxygens (including phenoxy) is 3. The third kappa shape index (κ3) is 8.71. The van der Waals surface area contributed by atoms with Crippen LogP contribution in [0.25, 0.3) is 0 Å². The van der Waals surface area contributed by atoms with Crippen molar-refractivity contribution in [2.45, 2.75) is 117 Å². The van der Waals surface area contributed by atoms with Crippen molar-refractivity contribution in [3.8, 4) is 0 Å². The van der Waals surface area contributed by atoms with Crippen LogP contribution in [-0.2, 0) is 14.2 Å². The van der Waals surface area contributed by atoms with Gasteiger partial charge in [-0.05, 0) is 44.4 Å². The van der Waals surface area contributed by atoms with E-state index in [1.54, 1.807) is 6.92 Å². The van der Waals surface area contributed by atoms with Crippen molar-refractivity contribution in [1.82, 2.24) is 0 Å². The summed E-state index contributed by atoms with van der Waals surface area (Å²) in [5, 5.41) is 36.0. The van der Waals surface area contributed by atoms with Crippen molar-refractivity contribution < 1.29 is 78.7 Å². The van der Waals surface area contributed by atoms with Gasteiger partial charge in [-0.15, -0.1) is 0 Å². The van der Waals surface area contributed by atoms with Crippen LogP contribution in [0.5, 0.6) is 0 Å². The normalized spacial score (nSPS) is 46.5. The Hall–Kier alpha value is 1.16. The van der Waals surface area contributed by atoms with Crippen molar-refractivity contribution in [2.75, 3.05) is 6.61 Å². The maximum absolute atomic E-state index is 9.25. The Morgan fingerprint density at radius 1 is 0.581 bits per heavy atom. The molecule has 12 atom stereocenters. The molecule has 3 fully saturated rings. The van der Waals surface area contributed by atoms with E-state index in [1.807, 2.05) is 6.92 Å². The van der Waals surface area contributed by atoms with Crippen molar-refractivity contribution in [2.24, 2.45) is 23.7 Å². The van der Waals surface area contributed by atoms with Crippen LogP contribution >= 0.6 is 0 Å². The van der Waals surface area contributed by atoms with Crippen molar-refractivity contribution in [1.29, 1.82) is 0 Å². The summed E-state index contributed by atoms with van der Waals surface area (Å²) in [4.78, 5) is 0. The van der Waals surface area contributed by atoms with E-state index >= 15 is 0 Å². The zero-order valence-corrected chi connectivity index (χ0v) is 25.4. The summed E-state index contributed by atoms with van der Waals surface area (Å²) in [6.07, 6.45) is 0.0856. The fourth-order valence-corrected chi connectivity index (χ4v) is 4.34. The SMILES string of the molecule is CC1O[C@@H](CO)C(O)[C@H]1O.CC[C@@H]1OC(C)[C@H](C)C1C.CC[C@@H]1O[C@H](O)[C@H](C)C1C.[Ac]. The summed E-state index contributed by atoms with van der Waals surface area (Å²) in [6.45, 7) is 16.6. The fourth-order valence-electron chi connectivity index (χ4n) is 4.34. The third-order valence-electron chi connectivity index (χ3n) is 7.31. The first kappa shape index (κ1) is 32.2. The number of hydrogen-bond acceptors (Lipinski definition) is 7. The maximum Gasteiger partial charge on any atom is 0.157 e. The Balaban J connectivity index is 0.000000429. The minimum absolute atomic E-state index is 0. The van der Waals surface area contributed by atoms with E-state index in [0.717, 1.165) is 24.7 Å². The van der Waals surface area contributed by atoms with Crippen LogP contribution in [0.2, 0.25) is 0 Å². The van der Waals surface area contributed by atoms with Gasteiger partial charge in [-0.1, -0.05) is 41.5 Å². The molecule has 7 nitrogen and oxygen atoms in total. The van der Waals surface area contributed by atoms with Crippen LogP contribution in [-0.4, -0.2) is 76.1 Å². The van der Waals surface area contributed by atoms with E-state index in [1.165, 1.54) is 0 Å². The minimum atomic E-state index is -0.944. The van der Waals surface area contributed by atoms with Gasteiger partial charge in [-0.3, -0.25) is 0 Å². The molecule has 3 saturated heterocycles. The molecular formula is C23H46AcO7. The molecule has 183 valence electrons. The first-order chi connectivity index (χ1) is 14.0. The molecule has 5 unspecified atom stereocenters. The molecule has 0 aromatic rings. The standard InChI is InChI=1S/C9H18O.C8H16O2.C6H12O4.Ac/c1-5-9-7(3)6(2)8(4)10-9;1-4-7-5(2)6(3)8(9)10-7;1-3-5(8)6(9)4(2-7)10-3;/h6-9H,5H2,1-4H3;5-9H,4H2,1-3H3;3-9H,2H2,1H3;/t6-,7?,8?,9+;5?,6-,7+,8+;3?,4-,5-,6?;/m110./s1. The van der Waals surface area contributed by atoms with Gasteiger partial charge in [0.2, 0.25) is 0 Å². The predicted octanol–water partition coefficient (Wildman–Crippen LogP) is 2.33. The van der Waals surface area contributed by atoms with Crippen molar-refractivity contribution >= 4 is 0 Å². The van der Waals surface area contributed by atoms with Crippen LogP contribution in [0.4, 0.5) is 0 Å². The fraction of sp³-hybridized carbons (Fsp3) is 1.00. The molecule has 4 N–H and O–H groups in total. The Morgan fingerprint density at radius 3 is 1.23 bits per heavy atom. The van der Waals surface area contributed by atoms with Gasteiger partial charge in [0.05, 0.1) is 31.0 Å². The molecule has 3 rings (SSSR count). The molecule has 0 bridgehead atoms. The average molecular weight is 662 g/mol. The molecule has 0 aromatic carbocycles. The van der Waals surface area contributed by atoms with E-state index in [4.69, 9.17) is 29.5 Å². The first-order valence-electron chi connectivity index (χ1n) is 11.6. The minimum Gasteiger partial charge on any atom is -0.394 e. The number of rotatable bonds is 3. The molecule has 0 saturated carbocycles. The van der Waals surface area contributed by atoms with E-state index in [2.05, 4.69) is 41.5 Å². The van der Waals surface area contributed by atoms with Gasteiger partial charge in [0.1, 0.15) is 18.3 Å². The second kappa shape index (κ2) is 15.2. The van der Waals surface area contributed by atoms with E-state index in [0.29, 0.717) is 24.0 Å². The van der Waals surface area contributed by atoms with Crippen molar-refractivity contribution in [3.63, 3.8) is 0 Å². The summed E-state index contributed by atoms with van der Waals surface area (Å²) >= 11 is 0. The second-order valence-corrected chi connectivity index (χ2v) is 9.24. The quantitative estimate of drug-likeness (QED) is 0.368. The van der Waals surface area contributed by atoms with Gasteiger partial charge in [0, 0.05) is 50.0 Å². The van der Waals surface area contributed by atoms with Gasteiger partial charge < -0.3 is 34.6 Å². The van der Waals surface area contributed by atoms with Crippen LogP contribution < -0.4 is 0 Å². The molecular weight excluding hydrogens is 615 g/mol. The molecule has 3 aliphatic heterocycles. The smallest absolute Gasteiger partial charge is 0.157 e. The molecule has 0 aromatic heterocycles. The van der Waals surface area contributed by atoms with Crippen molar-refractivity contribution in [3.05, 3.63) is 0 Å². The maximum atomic E-state index is 9.25. The largest absolute Gasteiger partial charge is 0.394 e. The molecule has 0 spiro atoms. The van der Waals surface area contributed by atoms with Crippen LogP contribution in [0, 0.1) is 67.7 Å². The summed E-state index contributed by atoms with van der Waals surface area (Å²) in [7, 11) is 0. The first-order valence-corrected chi connectivity index (χ1v) is 11.6. The van der Waals surface area contributed by atoms with Gasteiger partial charge >= 0.3 is 0 Å². The number of hydrogen-bond donors (Lipinski definition) is 4. The topological polar surface area (TPSA) is 109 Å². The predicted molar refractivity (Wildman–Crippen MR) is 116 cm³/mol. The second-order valence-electron chi connectivity index (χ2n) is 9.24. The Morgan fingerprint density at radius 2 is 1.03 bits per heavy atom. The Bertz CT molecular complexity index is 416. The van der Waals surface area contributed by atoms with E-state index in [-0.39, 0.29) is 62.9 Å². The summed E-state index contributed by atoms with van der Waals surface area (Å²) in [5.74, 6) is 2.29. The van der Waals surface area contributed by atoms with Crippen LogP contribution in [0.15, 0.2) is 0 Å². The van der Waals surface area contributed by atoms with Gasteiger partial charge in [-0.25, -0.2) is 0 Å². The summed E-state index contributed by atoms with van der Waals surface area (Å²) in [6, 6.07) is 0. The van der Waals surface area contributed by atoms with Gasteiger partial charge in [0.25, 0.3) is 0 Å². The molecule has 1 radical (unpaired) electrons. The molecule has 3 aliphatic rings. The number of aliphatic hydroxyl groups is 4. The summed E-state index contributed by atoms with van der Waals surface area (Å²) < 4.78 is 16.0. The number of aliphatic hydroxyl groups excluding tert-OH is 4. The molecule has 31 heavy (non-hydrogen) atoms. The van der Waals surface area contributed by atoms with Gasteiger partial charge in [-0.2, -0.15) is 0 Å². The van der Waals surface area contributed by atoms with Crippen LogP contribution in [0.3, 0.4) is 0 Å². The molecule has 3 heterocycles. The Labute approximate surface area is 224 Å². The molecule has 8 heteroatoms. The average Bonchev–Trinajstić information content (AvgIpc) is 3.25. The summed E-state index contributed by atoms with van der Waals surface area (Å²) in [5.41, 5.74) is 0. The molecule has 0 aliphatic carbocycles. The zero-order valence-electron chi connectivity index (χ0n) is 20.6. The molecule has 0 amide bonds. The van der Waals surface area contributed by atoms with E-state index < -0.39 is 24.6 Å². The third-order valence-corrected chi connectivity index (χ3v) is 7.31. The monoisotopic (exact) mass is 661 g/mol. The van der Waals surface area contributed by atoms with Gasteiger partial charge in [0.15, 0.2) is 6.29 Å².